The van der Waals surface area contributed by atoms with Crippen LogP contribution in [0.5, 0.6) is 5.75 Å². The zero-order valence-electron chi connectivity index (χ0n) is 11.4. The molecule has 0 saturated heterocycles. The largest absolute Gasteiger partial charge is 0.491 e. The molecule has 1 N–H and O–H groups in total. The van der Waals surface area contributed by atoms with Crippen molar-refractivity contribution in [2.75, 3.05) is 5.32 Å². The van der Waals surface area contributed by atoms with Gasteiger partial charge in [-0.2, -0.15) is 0 Å². The Labute approximate surface area is 123 Å². The molecule has 0 aliphatic heterocycles. The SMILES string of the molecule is CC(C)Oc1ccc(NC(=O)c2ccccc2Cl)cc1. The van der Waals surface area contributed by atoms with Crippen LogP contribution < -0.4 is 10.1 Å². The van der Waals surface area contributed by atoms with Gasteiger partial charge in [-0.1, -0.05) is 23.7 Å². The number of halogens is 1. The first-order valence-electron chi connectivity index (χ1n) is 6.39. The third-order valence-electron chi connectivity index (χ3n) is 2.60. The van der Waals surface area contributed by atoms with E-state index in [2.05, 4.69) is 5.32 Å². The number of nitrogens with one attached hydrogen (secondary N) is 1. The van der Waals surface area contributed by atoms with Gasteiger partial charge in [0.15, 0.2) is 0 Å². The maximum Gasteiger partial charge on any atom is 0.257 e. The van der Waals surface area contributed by atoms with Crippen LogP contribution in [-0.4, -0.2) is 12.0 Å². The number of anilines is 1. The van der Waals surface area contributed by atoms with E-state index >= 15 is 0 Å². The second-order valence-electron chi connectivity index (χ2n) is 4.62. The van der Waals surface area contributed by atoms with Crippen molar-refractivity contribution in [3.8, 4) is 5.75 Å². The molecule has 2 aromatic carbocycles. The van der Waals surface area contributed by atoms with E-state index in [4.69, 9.17) is 16.3 Å². The summed E-state index contributed by atoms with van der Waals surface area (Å²) in [6, 6.07) is 14.2. The average molecular weight is 290 g/mol. The first-order chi connectivity index (χ1) is 9.56. The lowest BCUT2D eigenvalue weighted by Gasteiger charge is -2.11. The van der Waals surface area contributed by atoms with Crippen LogP contribution in [0.2, 0.25) is 5.02 Å². The number of hydrogen-bond acceptors (Lipinski definition) is 2. The Morgan fingerprint density at radius 1 is 1.10 bits per heavy atom. The molecule has 0 unspecified atom stereocenters. The monoisotopic (exact) mass is 289 g/mol. The standard InChI is InChI=1S/C16H16ClNO2/c1-11(2)20-13-9-7-12(8-10-13)18-16(19)14-5-3-4-6-15(14)17/h3-11H,1-2H3,(H,18,19). The number of rotatable bonds is 4. The maximum absolute atomic E-state index is 12.1. The minimum atomic E-state index is -0.229. The number of carbonyl (C=O) groups excluding carboxylic acids is 1. The molecule has 0 spiro atoms. The molecule has 2 rings (SSSR count). The lowest BCUT2D eigenvalue weighted by molar-refractivity contribution is 0.102. The van der Waals surface area contributed by atoms with E-state index < -0.39 is 0 Å². The van der Waals surface area contributed by atoms with Gasteiger partial charge >= 0.3 is 0 Å². The highest BCUT2D eigenvalue weighted by Crippen LogP contribution is 2.20. The third kappa shape index (κ3) is 3.75. The van der Waals surface area contributed by atoms with E-state index in [1.165, 1.54) is 0 Å². The summed E-state index contributed by atoms with van der Waals surface area (Å²) in [5.41, 5.74) is 1.16. The van der Waals surface area contributed by atoms with Gasteiger partial charge in [0.1, 0.15) is 5.75 Å². The number of benzene rings is 2. The predicted molar refractivity (Wildman–Crippen MR) is 81.6 cm³/mol. The van der Waals surface area contributed by atoms with Crippen LogP contribution in [0.1, 0.15) is 24.2 Å². The molecule has 2 aromatic rings. The Morgan fingerprint density at radius 2 is 1.75 bits per heavy atom. The predicted octanol–water partition coefficient (Wildman–Crippen LogP) is 4.38. The fourth-order valence-electron chi connectivity index (χ4n) is 1.73. The second kappa shape index (κ2) is 6.44. The van der Waals surface area contributed by atoms with Crippen molar-refractivity contribution in [3.63, 3.8) is 0 Å². The molecule has 104 valence electrons. The fourth-order valence-corrected chi connectivity index (χ4v) is 1.95. The first-order valence-corrected chi connectivity index (χ1v) is 6.76. The van der Waals surface area contributed by atoms with E-state index in [1.807, 2.05) is 26.0 Å². The molecule has 0 heterocycles. The molecule has 0 aromatic heterocycles. The topological polar surface area (TPSA) is 38.3 Å². The van der Waals surface area contributed by atoms with E-state index in [0.717, 1.165) is 5.75 Å². The van der Waals surface area contributed by atoms with Gasteiger partial charge in [0.2, 0.25) is 0 Å². The van der Waals surface area contributed by atoms with E-state index in [0.29, 0.717) is 16.3 Å². The van der Waals surface area contributed by atoms with Gasteiger partial charge in [0.25, 0.3) is 5.91 Å². The van der Waals surface area contributed by atoms with E-state index in [1.54, 1.807) is 36.4 Å². The number of ether oxygens (including phenoxy) is 1. The van der Waals surface area contributed by atoms with Crippen molar-refractivity contribution >= 4 is 23.2 Å². The van der Waals surface area contributed by atoms with Crippen LogP contribution in [0.15, 0.2) is 48.5 Å². The summed E-state index contributed by atoms with van der Waals surface area (Å²) in [6.45, 7) is 3.93. The van der Waals surface area contributed by atoms with Crippen molar-refractivity contribution in [2.24, 2.45) is 0 Å². The Balaban J connectivity index is 2.07. The molecule has 0 fully saturated rings. The van der Waals surface area contributed by atoms with Crippen molar-refractivity contribution in [2.45, 2.75) is 20.0 Å². The summed E-state index contributed by atoms with van der Waals surface area (Å²) in [6.07, 6.45) is 0.124. The highest BCUT2D eigenvalue weighted by Gasteiger charge is 2.09. The normalized spacial score (nSPS) is 10.4. The Hall–Kier alpha value is -2.00. The van der Waals surface area contributed by atoms with Crippen molar-refractivity contribution in [1.29, 1.82) is 0 Å². The van der Waals surface area contributed by atoms with Gasteiger partial charge in [0, 0.05) is 5.69 Å². The number of carbonyl (C=O) groups is 1. The van der Waals surface area contributed by atoms with Crippen LogP contribution in [0.3, 0.4) is 0 Å². The zero-order chi connectivity index (χ0) is 14.5. The van der Waals surface area contributed by atoms with Gasteiger partial charge in [0.05, 0.1) is 16.7 Å². The van der Waals surface area contributed by atoms with Gasteiger partial charge in [-0.05, 0) is 50.2 Å². The molecule has 3 nitrogen and oxygen atoms in total. The summed E-state index contributed by atoms with van der Waals surface area (Å²) < 4.78 is 5.54. The van der Waals surface area contributed by atoms with Gasteiger partial charge in [-0.25, -0.2) is 0 Å². The lowest BCUT2D eigenvalue weighted by atomic mass is 10.2. The smallest absolute Gasteiger partial charge is 0.257 e. The molecular weight excluding hydrogens is 274 g/mol. The maximum atomic E-state index is 12.1. The van der Waals surface area contributed by atoms with Gasteiger partial charge < -0.3 is 10.1 Å². The van der Waals surface area contributed by atoms with Crippen molar-refractivity contribution < 1.29 is 9.53 Å². The quantitative estimate of drug-likeness (QED) is 0.907. The van der Waals surface area contributed by atoms with Crippen LogP contribution >= 0.6 is 11.6 Å². The minimum absolute atomic E-state index is 0.124. The molecule has 0 aliphatic rings. The second-order valence-corrected chi connectivity index (χ2v) is 5.03. The Bertz CT molecular complexity index is 594. The van der Waals surface area contributed by atoms with E-state index in [9.17, 15) is 4.79 Å². The molecule has 1 amide bonds. The average Bonchev–Trinajstić information content (AvgIpc) is 2.41. The van der Waals surface area contributed by atoms with Crippen LogP contribution in [0.25, 0.3) is 0 Å². The fraction of sp³-hybridized carbons (Fsp3) is 0.188. The zero-order valence-corrected chi connectivity index (χ0v) is 12.1. The summed E-state index contributed by atoms with van der Waals surface area (Å²) in [7, 11) is 0. The highest BCUT2D eigenvalue weighted by molar-refractivity contribution is 6.34. The van der Waals surface area contributed by atoms with Crippen LogP contribution in [-0.2, 0) is 0 Å². The summed E-state index contributed by atoms with van der Waals surface area (Å²) in [4.78, 5) is 12.1. The molecule has 20 heavy (non-hydrogen) atoms. The Kier molecular flexibility index (Phi) is 4.64. The van der Waals surface area contributed by atoms with Crippen LogP contribution in [0.4, 0.5) is 5.69 Å². The third-order valence-corrected chi connectivity index (χ3v) is 2.93. The first kappa shape index (κ1) is 14.4. The van der Waals surface area contributed by atoms with Crippen LogP contribution in [0, 0.1) is 0 Å². The molecule has 0 atom stereocenters. The highest BCUT2D eigenvalue weighted by atomic mass is 35.5. The molecule has 0 radical (unpaired) electrons. The lowest BCUT2D eigenvalue weighted by Crippen LogP contribution is -2.12. The van der Waals surface area contributed by atoms with E-state index in [-0.39, 0.29) is 12.0 Å². The number of amides is 1. The summed E-state index contributed by atoms with van der Waals surface area (Å²) in [5, 5.41) is 3.24. The minimum Gasteiger partial charge on any atom is -0.491 e. The summed E-state index contributed by atoms with van der Waals surface area (Å²) in [5.74, 6) is 0.545. The molecule has 4 heteroatoms. The van der Waals surface area contributed by atoms with Gasteiger partial charge in [-0.15, -0.1) is 0 Å². The molecular formula is C16H16ClNO2. The molecule has 0 bridgehead atoms. The Morgan fingerprint density at radius 3 is 2.35 bits per heavy atom. The molecule has 0 aliphatic carbocycles. The number of hydrogen-bond donors (Lipinski definition) is 1. The van der Waals surface area contributed by atoms with Crippen molar-refractivity contribution in [1.82, 2.24) is 0 Å². The molecule has 0 saturated carbocycles. The van der Waals surface area contributed by atoms with Gasteiger partial charge in [-0.3, -0.25) is 4.79 Å². The van der Waals surface area contributed by atoms with Crippen molar-refractivity contribution in [3.05, 3.63) is 59.1 Å². The summed E-state index contributed by atoms with van der Waals surface area (Å²) >= 11 is 5.99.